The minimum Gasteiger partial charge on any atom is -0.492 e. The Morgan fingerprint density at radius 3 is 3.00 bits per heavy atom. The molecule has 3 rings (SSSR count). The highest BCUT2D eigenvalue weighted by Gasteiger charge is 2.14. The Labute approximate surface area is 144 Å². The molecule has 0 aliphatic heterocycles. The monoisotopic (exact) mass is 344 g/mol. The predicted molar refractivity (Wildman–Crippen MR) is 92.7 cm³/mol. The SMILES string of the molecule is CC(C)COc1ccc(NC(=O)c2cnn3cccnc23)cc1Cl. The molecular formula is C17H17ClN4O2. The van der Waals surface area contributed by atoms with Crippen molar-refractivity contribution in [3.05, 3.63) is 53.4 Å². The van der Waals surface area contributed by atoms with Crippen LogP contribution in [-0.4, -0.2) is 27.1 Å². The van der Waals surface area contributed by atoms with Crippen molar-refractivity contribution in [3.63, 3.8) is 0 Å². The number of amides is 1. The second kappa shape index (κ2) is 6.88. The quantitative estimate of drug-likeness (QED) is 0.766. The molecule has 3 aromatic rings. The van der Waals surface area contributed by atoms with Crippen molar-refractivity contribution in [2.45, 2.75) is 13.8 Å². The molecule has 1 N–H and O–H groups in total. The van der Waals surface area contributed by atoms with Crippen LogP contribution >= 0.6 is 11.6 Å². The Morgan fingerprint density at radius 2 is 2.25 bits per heavy atom. The van der Waals surface area contributed by atoms with Gasteiger partial charge in [0.05, 0.1) is 17.8 Å². The summed E-state index contributed by atoms with van der Waals surface area (Å²) < 4.78 is 7.17. The molecule has 0 unspecified atom stereocenters. The number of hydrogen-bond donors (Lipinski definition) is 1. The van der Waals surface area contributed by atoms with Gasteiger partial charge < -0.3 is 10.1 Å². The van der Waals surface area contributed by atoms with E-state index in [9.17, 15) is 4.79 Å². The number of halogens is 1. The highest BCUT2D eigenvalue weighted by Crippen LogP contribution is 2.28. The molecule has 1 amide bonds. The number of benzene rings is 1. The van der Waals surface area contributed by atoms with E-state index in [1.165, 1.54) is 6.20 Å². The Balaban J connectivity index is 1.76. The van der Waals surface area contributed by atoms with Gasteiger partial charge in [-0.1, -0.05) is 25.4 Å². The van der Waals surface area contributed by atoms with Gasteiger partial charge in [-0.3, -0.25) is 4.79 Å². The summed E-state index contributed by atoms with van der Waals surface area (Å²) in [4.78, 5) is 16.6. The maximum atomic E-state index is 12.4. The van der Waals surface area contributed by atoms with E-state index in [1.54, 1.807) is 41.2 Å². The van der Waals surface area contributed by atoms with Crippen LogP contribution in [0.3, 0.4) is 0 Å². The molecule has 0 radical (unpaired) electrons. The number of carbonyl (C=O) groups is 1. The molecule has 124 valence electrons. The highest BCUT2D eigenvalue weighted by molar-refractivity contribution is 6.32. The molecule has 0 atom stereocenters. The fourth-order valence-corrected chi connectivity index (χ4v) is 2.37. The molecule has 2 aromatic heterocycles. The number of carbonyl (C=O) groups excluding carboxylic acids is 1. The first kappa shape index (κ1) is 16.3. The van der Waals surface area contributed by atoms with Crippen molar-refractivity contribution in [3.8, 4) is 5.75 Å². The van der Waals surface area contributed by atoms with E-state index in [0.29, 0.717) is 40.2 Å². The largest absolute Gasteiger partial charge is 0.492 e. The highest BCUT2D eigenvalue weighted by atomic mass is 35.5. The molecule has 0 aliphatic carbocycles. The van der Waals surface area contributed by atoms with Gasteiger partial charge in [0, 0.05) is 18.1 Å². The van der Waals surface area contributed by atoms with Crippen molar-refractivity contribution >= 4 is 28.8 Å². The van der Waals surface area contributed by atoms with Crippen molar-refractivity contribution in [1.29, 1.82) is 0 Å². The maximum absolute atomic E-state index is 12.4. The topological polar surface area (TPSA) is 68.5 Å². The summed E-state index contributed by atoms with van der Waals surface area (Å²) >= 11 is 6.21. The molecule has 2 heterocycles. The number of anilines is 1. The van der Waals surface area contributed by atoms with E-state index < -0.39 is 0 Å². The minimum absolute atomic E-state index is 0.296. The Hall–Kier alpha value is -2.60. The van der Waals surface area contributed by atoms with Crippen molar-refractivity contribution < 1.29 is 9.53 Å². The Morgan fingerprint density at radius 1 is 1.42 bits per heavy atom. The summed E-state index contributed by atoms with van der Waals surface area (Å²) in [6.07, 6.45) is 4.84. The van der Waals surface area contributed by atoms with Gasteiger partial charge in [-0.15, -0.1) is 0 Å². The number of ether oxygens (including phenoxy) is 1. The van der Waals surface area contributed by atoms with E-state index in [0.717, 1.165) is 0 Å². The van der Waals surface area contributed by atoms with Crippen LogP contribution in [0.15, 0.2) is 42.9 Å². The molecule has 0 aliphatic rings. The van der Waals surface area contributed by atoms with Crippen molar-refractivity contribution in [2.75, 3.05) is 11.9 Å². The lowest BCUT2D eigenvalue weighted by Crippen LogP contribution is -2.12. The average molecular weight is 345 g/mol. The fourth-order valence-electron chi connectivity index (χ4n) is 2.14. The van der Waals surface area contributed by atoms with Gasteiger partial charge in [-0.2, -0.15) is 5.10 Å². The summed E-state index contributed by atoms with van der Waals surface area (Å²) in [5.74, 6) is 0.709. The van der Waals surface area contributed by atoms with Gasteiger partial charge in [0.1, 0.15) is 11.3 Å². The van der Waals surface area contributed by atoms with E-state index in [4.69, 9.17) is 16.3 Å². The normalized spacial score (nSPS) is 11.0. The molecule has 1 aromatic carbocycles. The number of fused-ring (bicyclic) bond motifs is 1. The fraction of sp³-hybridized carbons (Fsp3) is 0.235. The third-order valence-electron chi connectivity index (χ3n) is 3.29. The zero-order valence-electron chi connectivity index (χ0n) is 13.4. The van der Waals surface area contributed by atoms with Crippen molar-refractivity contribution in [1.82, 2.24) is 14.6 Å². The lowest BCUT2D eigenvalue weighted by molar-refractivity contribution is 0.102. The second-order valence-electron chi connectivity index (χ2n) is 5.75. The third kappa shape index (κ3) is 3.49. The van der Waals surface area contributed by atoms with Crippen LogP contribution in [0.25, 0.3) is 5.65 Å². The summed E-state index contributed by atoms with van der Waals surface area (Å²) in [7, 11) is 0. The first-order chi connectivity index (χ1) is 11.5. The van der Waals surface area contributed by atoms with Crippen LogP contribution < -0.4 is 10.1 Å². The average Bonchev–Trinajstić information content (AvgIpc) is 2.98. The van der Waals surface area contributed by atoms with E-state index in [-0.39, 0.29) is 5.91 Å². The molecule has 7 heteroatoms. The first-order valence-corrected chi connectivity index (χ1v) is 7.94. The summed E-state index contributed by atoms with van der Waals surface area (Å²) in [6, 6.07) is 6.90. The van der Waals surface area contributed by atoms with E-state index >= 15 is 0 Å². The molecule has 0 fully saturated rings. The van der Waals surface area contributed by atoms with Gasteiger partial charge in [-0.05, 0) is 30.2 Å². The standard InChI is InChI=1S/C17H17ClN4O2/c1-11(2)10-24-15-5-4-12(8-14(15)18)21-17(23)13-9-20-22-7-3-6-19-16(13)22/h3-9,11H,10H2,1-2H3,(H,21,23). The third-order valence-corrected chi connectivity index (χ3v) is 3.58. The zero-order chi connectivity index (χ0) is 17.1. The maximum Gasteiger partial charge on any atom is 0.261 e. The molecular weight excluding hydrogens is 328 g/mol. The lowest BCUT2D eigenvalue weighted by Gasteiger charge is -2.11. The molecule has 0 saturated carbocycles. The predicted octanol–water partition coefficient (Wildman–Crippen LogP) is 3.67. The van der Waals surface area contributed by atoms with Crippen LogP contribution in [-0.2, 0) is 0 Å². The smallest absolute Gasteiger partial charge is 0.261 e. The number of rotatable bonds is 5. The zero-order valence-corrected chi connectivity index (χ0v) is 14.1. The molecule has 24 heavy (non-hydrogen) atoms. The molecule has 0 spiro atoms. The van der Waals surface area contributed by atoms with Crippen LogP contribution in [0, 0.1) is 5.92 Å². The van der Waals surface area contributed by atoms with Gasteiger partial charge >= 0.3 is 0 Å². The number of nitrogens with zero attached hydrogens (tertiary/aromatic N) is 3. The van der Waals surface area contributed by atoms with Crippen molar-refractivity contribution in [2.24, 2.45) is 5.92 Å². The minimum atomic E-state index is -0.296. The number of aromatic nitrogens is 3. The second-order valence-corrected chi connectivity index (χ2v) is 6.16. The Bertz CT molecular complexity index is 876. The number of nitrogens with one attached hydrogen (secondary N) is 1. The van der Waals surface area contributed by atoms with Gasteiger partial charge in [-0.25, -0.2) is 9.50 Å². The van der Waals surface area contributed by atoms with Gasteiger partial charge in [0.15, 0.2) is 5.65 Å². The van der Waals surface area contributed by atoms with Crippen LogP contribution in [0.1, 0.15) is 24.2 Å². The number of hydrogen-bond acceptors (Lipinski definition) is 4. The Kier molecular flexibility index (Phi) is 4.66. The summed E-state index contributed by atoms with van der Waals surface area (Å²) in [6.45, 7) is 4.71. The van der Waals surface area contributed by atoms with Crippen LogP contribution in [0.5, 0.6) is 5.75 Å². The van der Waals surface area contributed by atoms with E-state index in [1.807, 2.05) is 0 Å². The molecule has 0 bridgehead atoms. The first-order valence-electron chi connectivity index (χ1n) is 7.56. The molecule has 6 nitrogen and oxygen atoms in total. The lowest BCUT2D eigenvalue weighted by atomic mass is 10.2. The van der Waals surface area contributed by atoms with E-state index in [2.05, 4.69) is 29.2 Å². The van der Waals surface area contributed by atoms with Gasteiger partial charge in [0.25, 0.3) is 5.91 Å². The summed E-state index contributed by atoms with van der Waals surface area (Å²) in [5, 5.41) is 7.35. The summed E-state index contributed by atoms with van der Waals surface area (Å²) in [5.41, 5.74) is 1.47. The van der Waals surface area contributed by atoms with Crippen LogP contribution in [0.2, 0.25) is 5.02 Å². The molecule has 0 saturated heterocycles. The van der Waals surface area contributed by atoms with Crippen LogP contribution in [0.4, 0.5) is 5.69 Å². The van der Waals surface area contributed by atoms with Gasteiger partial charge in [0.2, 0.25) is 0 Å².